The molecule has 0 radical (unpaired) electrons. The molecule has 0 fully saturated rings. The Kier molecular flexibility index (Phi) is 5.77. The van der Waals surface area contributed by atoms with E-state index in [1.54, 1.807) is 6.07 Å². The minimum atomic E-state index is 0.607. The normalized spacial score (nSPS) is 11.0. The highest BCUT2D eigenvalue weighted by Crippen LogP contribution is 2.26. The van der Waals surface area contributed by atoms with E-state index in [9.17, 15) is 0 Å². The highest BCUT2D eigenvalue weighted by atomic mass is 35.5. The quantitative estimate of drug-likeness (QED) is 0.727. The number of hydrogen-bond donors (Lipinski definition) is 0. The van der Waals surface area contributed by atoms with E-state index in [1.165, 1.54) is 0 Å². The van der Waals surface area contributed by atoms with Crippen LogP contribution in [-0.4, -0.2) is 23.9 Å². The third kappa shape index (κ3) is 3.84. The Morgan fingerprint density at radius 2 is 2.00 bits per heavy atom. The van der Waals surface area contributed by atoms with Gasteiger partial charge in [-0.05, 0) is 18.2 Å². The first-order chi connectivity index (χ1) is 7.19. The van der Waals surface area contributed by atoms with E-state index in [-0.39, 0.29) is 0 Å². The molecule has 1 rings (SSSR count). The van der Waals surface area contributed by atoms with Gasteiger partial charge in [-0.1, -0.05) is 42.3 Å². The largest absolute Gasteiger partial charge is 0.298 e. The summed E-state index contributed by atoms with van der Waals surface area (Å²) in [6, 6.07) is 5.70. The molecule has 4 heteroatoms. The van der Waals surface area contributed by atoms with Gasteiger partial charge in [0.25, 0.3) is 0 Å². The van der Waals surface area contributed by atoms with Crippen LogP contribution in [0.25, 0.3) is 0 Å². The van der Waals surface area contributed by atoms with Crippen molar-refractivity contribution in [3.8, 4) is 0 Å². The molecule has 0 amide bonds. The van der Waals surface area contributed by atoms with Crippen molar-refractivity contribution in [3.63, 3.8) is 0 Å². The van der Waals surface area contributed by atoms with Crippen LogP contribution in [0.1, 0.15) is 12.5 Å². The van der Waals surface area contributed by atoms with Crippen LogP contribution in [0.5, 0.6) is 0 Å². The van der Waals surface area contributed by atoms with Gasteiger partial charge in [-0.25, -0.2) is 0 Å². The Morgan fingerprint density at radius 3 is 2.60 bits per heavy atom. The van der Waals surface area contributed by atoms with Gasteiger partial charge in [-0.3, -0.25) is 4.90 Å². The fourth-order valence-electron chi connectivity index (χ4n) is 1.38. The Hall–Kier alpha value is 0.0500. The molecule has 1 nitrogen and oxygen atoms in total. The summed E-state index contributed by atoms with van der Waals surface area (Å²) in [5, 5.41) is 1.25. The van der Waals surface area contributed by atoms with Crippen molar-refractivity contribution < 1.29 is 0 Å². The van der Waals surface area contributed by atoms with Gasteiger partial charge in [0, 0.05) is 19.0 Å². The number of alkyl halides is 1. The molecule has 0 aliphatic carbocycles. The first-order valence-corrected chi connectivity index (χ1v) is 6.19. The van der Waals surface area contributed by atoms with Crippen LogP contribution in [0.4, 0.5) is 0 Å². The van der Waals surface area contributed by atoms with Gasteiger partial charge in [0.1, 0.15) is 0 Å². The van der Waals surface area contributed by atoms with Crippen LogP contribution < -0.4 is 0 Å². The number of benzene rings is 1. The summed E-state index contributed by atoms with van der Waals surface area (Å²) in [5.74, 6) is 0.631. The maximum atomic E-state index is 6.10. The van der Waals surface area contributed by atoms with Gasteiger partial charge in [0.15, 0.2) is 0 Å². The monoisotopic (exact) mass is 265 g/mol. The summed E-state index contributed by atoms with van der Waals surface area (Å²) in [6.07, 6.45) is 0. The second kappa shape index (κ2) is 6.59. The molecule has 0 heterocycles. The SMILES string of the molecule is CCN(CCCl)Cc1cccc(Cl)c1Cl. The van der Waals surface area contributed by atoms with Gasteiger partial charge in [-0.15, -0.1) is 11.6 Å². The Balaban J connectivity index is 2.74. The van der Waals surface area contributed by atoms with Crippen molar-refractivity contribution in [2.75, 3.05) is 19.0 Å². The minimum Gasteiger partial charge on any atom is -0.298 e. The molecule has 0 N–H and O–H groups in total. The third-order valence-electron chi connectivity index (χ3n) is 2.27. The van der Waals surface area contributed by atoms with Crippen molar-refractivity contribution in [2.45, 2.75) is 13.5 Å². The van der Waals surface area contributed by atoms with E-state index in [0.717, 1.165) is 25.2 Å². The maximum absolute atomic E-state index is 6.10. The minimum absolute atomic E-state index is 0.607. The fourth-order valence-corrected chi connectivity index (χ4v) is 2.00. The van der Waals surface area contributed by atoms with E-state index in [0.29, 0.717) is 15.9 Å². The number of halogens is 3. The van der Waals surface area contributed by atoms with E-state index in [1.807, 2.05) is 12.1 Å². The zero-order valence-corrected chi connectivity index (χ0v) is 10.9. The lowest BCUT2D eigenvalue weighted by Gasteiger charge is -2.19. The van der Waals surface area contributed by atoms with Crippen molar-refractivity contribution in [3.05, 3.63) is 33.8 Å². The molecule has 0 saturated heterocycles. The summed E-state index contributed by atoms with van der Waals surface area (Å²) in [7, 11) is 0. The van der Waals surface area contributed by atoms with Crippen molar-refractivity contribution in [2.24, 2.45) is 0 Å². The highest BCUT2D eigenvalue weighted by molar-refractivity contribution is 6.42. The average Bonchev–Trinajstić information content (AvgIpc) is 2.24. The summed E-state index contributed by atoms with van der Waals surface area (Å²) in [4.78, 5) is 2.23. The fraction of sp³-hybridized carbons (Fsp3) is 0.455. The van der Waals surface area contributed by atoms with Crippen LogP contribution in [0, 0.1) is 0 Å². The van der Waals surface area contributed by atoms with Crippen molar-refractivity contribution >= 4 is 34.8 Å². The summed E-state index contributed by atoms with van der Waals surface area (Å²) < 4.78 is 0. The molecule has 0 atom stereocenters. The van der Waals surface area contributed by atoms with Crippen molar-refractivity contribution in [1.82, 2.24) is 4.90 Å². The van der Waals surface area contributed by atoms with Gasteiger partial charge in [-0.2, -0.15) is 0 Å². The highest BCUT2D eigenvalue weighted by Gasteiger charge is 2.08. The summed E-state index contributed by atoms with van der Waals surface area (Å²) in [6.45, 7) is 4.71. The molecule has 15 heavy (non-hydrogen) atoms. The molecule has 0 unspecified atom stereocenters. The molecule has 1 aromatic carbocycles. The van der Waals surface area contributed by atoms with E-state index in [4.69, 9.17) is 34.8 Å². The Labute approximate surface area is 106 Å². The molecule has 0 aromatic heterocycles. The van der Waals surface area contributed by atoms with Crippen LogP contribution in [0.2, 0.25) is 10.0 Å². The van der Waals surface area contributed by atoms with E-state index in [2.05, 4.69) is 11.8 Å². The predicted molar refractivity (Wildman–Crippen MR) is 68.1 cm³/mol. The molecule has 0 bridgehead atoms. The zero-order chi connectivity index (χ0) is 11.3. The molecular formula is C11H14Cl3N. The molecule has 0 aliphatic rings. The third-order valence-corrected chi connectivity index (χ3v) is 3.30. The second-order valence-electron chi connectivity index (χ2n) is 3.27. The predicted octanol–water partition coefficient (Wildman–Crippen LogP) is 4.05. The topological polar surface area (TPSA) is 3.24 Å². The second-order valence-corrected chi connectivity index (χ2v) is 4.43. The molecule has 0 aliphatic heterocycles. The number of hydrogen-bond acceptors (Lipinski definition) is 1. The average molecular weight is 267 g/mol. The maximum Gasteiger partial charge on any atom is 0.0637 e. The first kappa shape index (κ1) is 13.1. The number of nitrogens with zero attached hydrogens (tertiary/aromatic N) is 1. The smallest absolute Gasteiger partial charge is 0.0637 e. The molecular weight excluding hydrogens is 252 g/mol. The summed E-state index contributed by atoms with van der Waals surface area (Å²) in [5.41, 5.74) is 1.05. The lowest BCUT2D eigenvalue weighted by atomic mass is 10.2. The molecule has 0 saturated carbocycles. The van der Waals surface area contributed by atoms with Crippen LogP contribution in [0.15, 0.2) is 18.2 Å². The van der Waals surface area contributed by atoms with E-state index < -0.39 is 0 Å². The first-order valence-electron chi connectivity index (χ1n) is 4.90. The molecule has 84 valence electrons. The standard InChI is InChI=1S/C11H14Cl3N/c1-2-15(7-6-12)8-9-4-3-5-10(13)11(9)14/h3-5H,2,6-8H2,1H3. The molecule has 0 spiro atoms. The van der Waals surface area contributed by atoms with Crippen LogP contribution in [-0.2, 0) is 6.54 Å². The van der Waals surface area contributed by atoms with Crippen molar-refractivity contribution in [1.29, 1.82) is 0 Å². The Bertz CT molecular complexity index is 315. The zero-order valence-electron chi connectivity index (χ0n) is 8.64. The number of rotatable bonds is 5. The lowest BCUT2D eigenvalue weighted by molar-refractivity contribution is 0.298. The Morgan fingerprint density at radius 1 is 1.27 bits per heavy atom. The van der Waals surface area contributed by atoms with Gasteiger partial charge in [0.2, 0.25) is 0 Å². The lowest BCUT2D eigenvalue weighted by Crippen LogP contribution is -2.25. The van der Waals surface area contributed by atoms with Gasteiger partial charge in [0.05, 0.1) is 10.0 Å². The molecule has 1 aromatic rings. The van der Waals surface area contributed by atoms with Gasteiger partial charge < -0.3 is 0 Å². The van der Waals surface area contributed by atoms with E-state index >= 15 is 0 Å². The van der Waals surface area contributed by atoms with Gasteiger partial charge >= 0.3 is 0 Å². The summed E-state index contributed by atoms with van der Waals surface area (Å²) >= 11 is 17.8. The van der Waals surface area contributed by atoms with Crippen LogP contribution in [0.3, 0.4) is 0 Å². The van der Waals surface area contributed by atoms with Crippen LogP contribution >= 0.6 is 34.8 Å².